The van der Waals surface area contributed by atoms with E-state index in [1.807, 2.05) is 20.8 Å². The van der Waals surface area contributed by atoms with E-state index in [0.717, 1.165) is 5.75 Å². The lowest BCUT2D eigenvalue weighted by Crippen LogP contribution is -2.14. The molecule has 0 atom stereocenters. The van der Waals surface area contributed by atoms with Gasteiger partial charge in [-0.1, -0.05) is 6.92 Å². The van der Waals surface area contributed by atoms with Crippen LogP contribution in [0.1, 0.15) is 37.1 Å². The predicted octanol–water partition coefficient (Wildman–Crippen LogP) is 2.25. The van der Waals surface area contributed by atoms with E-state index in [9.17, 15) is 4.79 Å². The number of carbonyl (C=O) groups is 1. The van der Waals surface area contributed by atoms with Crippen LogP contribution < -0.4 is 5.32 Å². The smallest absolute Gasteiger partial charge is 0.354 e. The van der Waals surface area contributed by atoms with Gasteiger partial charge >= 0.3 is 5.97 Å². The molecule has 0 bridgehead atoms. The first-order valence-electron chi connectivity index (χ1n) is 5.48. The zero-order chi connectivity index (χ0) is 12.8. The van der Waals surface area contributed by atoms with Crippen molar-refractivity contribution in [1.29, 1.82) is 0 Å². The van der Waals surface area contributed by atoms with Gasteiger partial charge in [0.15, 0.2) is 5.69 Å². The number of hydrogen-bond donors (Lipinski definition) is 2. The number of carboxylic acid groups (broad SMARTS) is 1. The number of carboxylic acids is 1. The molecule has 0 radical (unpaired) electrons. The fourth-order valence-electron chi connectivity index (χ4n) is 1.23. The molecule has 1 heterocycles. The van der Waals surface area contributed by atoms with Gasteiger partial charge in [-0.3, -0.25) is 0 Å². The summed E-state index contributed by atoms with van der Waals surface area (Å²) in [4.78, 5) is 19.2. The standard InChI is InChI=1S/C11H17N3O2S/c1-4-17-6-10-13-8(11(15)16)5-9(14-10)12-7(2)3/h5,7H,4,6H2,1-3H3,(H,15,16)(H,12,13,14). The van der Waals surface area contributed by atoms with Gasteiger partial charge in [0.05, 0.1) is 5.75 Å². The quantitative estimate of drug-likeness (QED) is 0.812. The fourth-order valence-corrected chi connectivity index (χ4v) is 1.75. The largest absolute Gasteiger partial charge is 0.477 e. The number of anilines is 1. The van der Waals surface area contributed by atoms with Gasteiger partial charge in [0.25, 0.3) is 0 Å². The molecule has 6 heteroatoms. The summed E-state index contributed by atoms with van der Waals surface area (Å²) >= 11 is 1.66. The third-order valence-electron chi connectivity index (χ3n) is 1.86. The summed E-state index contributed by atoms with van der Waals surface area (Å²) in [5, 5.41) is 12.1. The highest BCUT2D eigenvalue weighted by atomic mass is 32.2. The minimum Gasteiger partial charge on any atom is -0.477 e. The van der Waals surface area contributed by atoms with Crippen molar-refractivity contribution in [1.82, 2.24) is 9.97 Å². The Morgan fingerprint density at radius 2 is 2.24 bits per heavy atom. The lowest BCUT2D eigenvalue weighted by atomic mass is 10.3. The molecule has 0 aromatic carbocycles. The van der Waals surface area contributed by atoms with Crippen molar-refractivity contribution in [3.63, 3.8) is 0 Å². The van der Waals surface area contributed by atoms with Crippen molar-refractivity contribution in [2.45, 2.75) is 32.6 Å². The van der Waals surface area contributed by atoms with Crippen molar-refractivity contribution in [3.8, 4) is 0 Å². The average Bonchev–Trinajstić information content (AvgIpc) is 2.25. The molecule has 1 aromatic heterocycles. The van der Waals surface area contributed by atoms with Crippen LogP contribution in [0.15, 0.2) is 6.07 Å². The molecule has 0 aliphatic carbocycles. The normalized spacial score (nSPS) is 10.6. The summed E-state index contributed by atoms with van der Waals surface area (Å²) in [6.45, 7) is 5.99. The van der Waals surface area contributed by atoms with E-state index in [0.29, 0.717) is 17.4 Å². The van der Waals surface area contributed by atoms with Crippen LogP contribution in [0, 0.1) is 0 Å². The lowest BCUT2D eigenvalue weighted by Gasteiger charge is -2.10. The predicted molar refractivity (Wildman–Crippen MR) is 69.6 cm³/mol. The summed E-state index contributed by atoms with van der Waals surface area (Å²) in [7, 11) is 0. The number of thioether (sulfide) groups is 1. The van der Waals surface area contributed by atoms with Crippen molar-refractivity contribution < 1.29 is 9.90 Å². The van der Waals surface area contributed by atoms with Gasteiger partial charge in [-0.05, 0) is 19.6 Å². The Morgan fingerprint density at radius 3 is 2.76 bits per heavy atom. The minimum atomic E-state index is -1.03. The molecule has 0 aliphatic heterocycles. The highest BCUT2D eigenvalue weighted by molar-refractivity contribution is 7.98. The monoisotopic (exact) mass is 255 g/mol. The SMILES string of the molecule is CCSCc1nc(NC(C)C)cc(C(=O)O)n1. The van der Waals surface area contributed by atoms with Gasteiger partial charge in [-0.15, -0.1) is 0 Å². The molecule has 1 rings (SSSR count). The average molecular weight is 255 g/mol. The Hall–Kier alpha value is -1.30. The Morgan fingerprint density at radius 1 is 1.53 bits per heavy atom. The van der Waals surface area contributed by atoms with Crippen LogP contribution in [-0.4, -0.2) is 32.8 Å². The molecule has 2 N–H and O–H groups in total. The third-order valence-corrected chi connectivity index (χ3v) is 2.73. The summed E-state index contributed by atoms with van der Waals surface area (Å²) < 4.78 is 0. The van der Waals surface area contributed by atoms with Crippen molar-refractivity contribution in [2.75, 3.05) is 11.1 Å². The summed E-state index contributed by atoms with van der Waals surface area (Å²) in [6, 6.07) is 1.67. The van der Waals surface area contributed by atoms with Gasteiger partial charge in [-0.2, -0.15) is 11.8 Å². The number of hydrogen-bond acceptors (Lipinski definition) is 5. The molecular weight excluding hydrogens is 238 g/mol. The van der Waals surface area contributed by atoms with Crippen LogP contribution in [0.25, 0.3) is 0 Å². The minimum absolute atomic E-state index is 0.0369. The second-order valence-electron chi connectivity index (χ2n) is 3.80. The first kappa shape index (κ1) is 13.8. The molecule has 0 amide bonds. The summed E-state index contributed by atoms with van der Waals surface area (Å²) in [6.07, 6.45) is 0. The van der Waals surface area contributed by atoms with Crippen LogP contribution in [-0.2, 0) is 5.75 Å². The van der Waals surface area contributed by atoms with Crippen LogP contribution in [0.2, 0.25) is 0 Å². The Balaban J connectivity index is 2.96. The lowest BCUT2D eigenvalue weighted by molar-refractivity contribution is 0.0690. The van der Waals surface area contributed by atoms with E-state index in [1.165, 1.54) is 6.07 Å². The first-order chi connectivity index (χ1) is 8.02. The van der Waals surface area contributed by atoms with Crippen LogP contribution in [0.3, 0.4) is 0 Å². The summed E-state index contributed by atoms with van der Waals surface area (Å²) in [5.41, 5.74) is 0.0369. The van der Waals surface area contributed by atoms with Crippen molar-refractivity contribution in [2.24, 2.45) is 0 Å². The van der Waals surface area contributed by atoms with E-state index in [1.54, 1.807) is 11.8 Å². The molecular formula is C11H17N3O2S. The van der Waals surface area contributed by atoms with Gasteiger partial charge in [0.2, 0.25) is 0 Å². The second-order valence-corrected chi connectivity index (χ2v) is 5.07. The third kappa shape index (κ3) is 4.60. The topological polar surface area (TPSA) is 75.1 Å². The maximum absolute atomic E-state index is 10.9. The van der Waals surface area contributed by atoms with Crippen molar-refractivity contribution >= 4 is 23.5 Å². The van der Waals surface area contributed by atoms with Gasteiger partial charge in [0.1, 0.15) is 11.6 Å². The second kappa shape index (κ2) is 6.44. The fraction of sp³-hybridized carbons (Fsp3) is 0.545. The van der Waals surface area contributed by atoms with E-state index in [2.05, 4.69) is 15.3 Å². The first-order valence-corrected chi connectivity index (χ1v) is 6.64. The Kier molecular flexibility index (Phi) is 5.21. The molecule has 5 nitrogen and oxygen atoms in total. The molecule has 0 saturated heterocycles. The molecule has 0 aliphatic rings. The van der Waals surface area contributed by atoms with E-state index >= 15 is 0 Å². The molecule has 0 fully saturated rings. The molecule has 1 aromatic rings. The molecule has 0 spiro atoms. The Bertz CT molecular complexity index is 396. The van der Waals surface area contributed by atoms with Gasteiger partial charge in [0, 0.05) is 12.1 Å². The molecule has 0 unspecified atom stereocenters. The molecule has 94 valence electrons. The van der Waals surface area contributed by atoms with Gasteiger partial charge < -0.3 is 10.4 Å². The number of aromatic carboxylic acids is 1. The van der Waals surface area contributed by atoms with Crippen LogP contribution in [0.4, 0.5) is 5.82 Å². The maximum atomic E-state index is 10.9. The van der Waals surface area contributed by atoms with Gasteiger partial charge in [-0.25, -0.2) is 14.8 Å². The van der Waals surface area contributed by atoms with E-state index < -0.39 is 5.97 Å². The van der Waals surface area contributed by atoms with Crippen LogP contribution in [0.5, 0.6) is 0 Å². The summed E-state index contributed by atoms with van der Waals surface area (Å²) in [5.74, 6) is 1.68. The highest BCUT2D eigenvalue weighted by Crippen LogP contribution is 2.13. The zero-order valence-corrected chi connectivity index (χ0v) is 11.0. The van der Waals surface area contributed by atoms with E-state index in [-0.39, 0.29) is 11.7 Å². The van der Waals surface area contributed by atoms with E-state index in [4.69, 9.17) is 5.11 Å². The number of nitrogens with zero attached hydrogens (tertiary/aromatic N) is 2. The van der Waals surface area contributed by atoms with Crippen LogP contribution >= 0.6 is 11.8 Å². The number of rotatable bonds is 6. The Labute approximate surface area is 105 Å². The molecule has 17 heavy (non-hydrogen) atoms. The maximum Gasteiger partial charge on any atom is 0.354 e. The van der Waals surface area contributed by atoms with Crippen molar-refractivity contribution in [3.05, 3.63) is 17.6 Å². The zero-order valence-electron chi connectivity index (χ0n) is 10.2. The molecule has 0 saturated carbocycles. The number of nitrogens with one attached hydrogen (secondary N) is 1. The highest BCUT2D eigenvalue weighted by Gasteiger charge is 2.10. The number of aromatic nitrogens is 2.